The molecule has 28 heavy (non-hydrogen) atoms. The number of Topliss-reactive ketones (excluding diaryl/α,β-unsaturated/α-hetero) is 1. The molecule has 1 spiro atoms. The maximum absolute atomic E-state index is 12.5. The van der Waals surface area contributed by atoms with Crippen molar-refractivity contribution < 1.29 is 24.2 Å². The number of aliphatic carboxylic acids is 1. The molecule has 4 rings (SSSR count). The third-order valence-corrected chi connectivity index (χ3v) is 6.50. The second kappa shape index (κ2) is 7.16. The predicted molar refractivity (Wildman–Crippen MR) is 103 cm³/mol. The molecule has 2 aliphatic heterocycles. The van der Waals surface area contributed by atoms with E-state index in [4.69, 9.17) is 9.47 Å². The van der Waals surface area contributed by atoms with Gasteiger partial charge in [-0.25, -0.2) is 0 Å². The lowest BCUT2D eigenvalue weighted by Gasteiger charge is -2.47. The van der Waals surface area contributed by atoms with Crippen LogP contribution in [-0.4, -0.2) is 46.7 Å². The summed E-state index contributed by atoms with van der Waals surface area (Å²) in [6.07, 6.45) is 5.65. The van der Waals surface area contributed by atoms with Crippen molar-refractivity contribution in [3.05, 3.63) is 29.3 Å². The average Bonchev–Trinajstić information content (AvgIpc) is 2.61. The van der Waals surface area contributed by atoms with E-state index in [2.05, 4.69) is 4.90 Å². The number of ketones is 1. The van der Waals surface area contributed by atoms with Gasteiger partial charge >= 0.3 is 5.97 Å². The van der Waals surface area contributed by atoms with Gasteiger partial charge in [-0.2, -0.15) is 0 Å². The summed E-state index contributed by atoms with van der Waals surface area (Å²) < 4.78 is 12.4. The van der Waals surface area contributed by atoms with Crippen molar-refractivity contribution in [2.24, 2.45) is 5.41 Å². The fourth-order valence-corrected chi connectivity index (χ4v) is 4.21. The molecule has 1 aromatic carbocycles. The molecule has 1 saturated heterocycles. The molecule has 3 aliphatic rings. The summed E-state index contributed by atoms with van der Waals surface area (Å²) in [7, 11) is 0. The summed E-state index contributed by atoms with van der Waals surface area (Å²) in [6.45, 7) is 5.55. The standard InChI is InChI=1S/C22H29NO5/c1-21(2,20(25)26)13-18(24)15-6-7-19-16(12-15)14-27-22(28-19)8-10-23(11-9-22)17-4-3-5-17/h6-7,12,17H,3-5,8-11,13-14H2,1-2H3,(H,25,26). The highest BCUT2D eigenvalue weighted by molar-refractivity contribution is 5.99. The van der Waals surface area contributed by atoms with Crippen LogP contribution in [0.15, 0.2) is 18.2 Å². The van der Waals surface area contributed by atoms with Crippen LogP contribution in [0.25, 0.3) is 0 Å². The Balaban J connectivity index is 1.42. The van der Waals surface area contributed by atoms with Crippen molar-refractivity contribution in [2.45, 2.75) is 70.8 Å². The van der Waals surface area contributed by atoms with E-state index in [0.717, 1.165) is 43.3 Å². The zero-order chi connectivity index (χ0) is 19.9. The highest BCUT2D eigenvalue weighted by Gasteiger charge is 2.43. The first-order chi connectivity index (χ1) is 13.3. The van der Waals surface area contributed by atoms with Gasteiger partial charge in [0.25, 0.3) is 0 Å². The summed E-state index contributed by atoms with van der Waals surface area (Å²) in [4.78, 5) is 26.4. The van der Waals surface area contributed by atoms with Crippen molar-refractivity contribution >= 4 is 11.8 Å². The minimum Gasteiger partial charge on any atom is -0.481 e. The molecular weight excluding hydrogens is 358 g/mol. The molecule has 1 aliphatic carbocycles. The highest BCUT2D eigenvalue weighted by atomic mass is 16.7. The molecule has 0 aromatic heterocycles. The Hall–Kier alpha value is -1.92. The van der Waals surface area contributed by atoms with Gasteiger partial charge in [0.1, 0.15) is 5.75 Å². The number of carboxylic acids is 1. The molecule has 0 atom stereocenters. The predicted octanol–water partition coefficient (Wildman–Crippen LogP) is 3.62. The summed E-state index contributed by atoms with van der Waals surface area (Å²) in [5.41, 5.74) is 0.278. The van der Waals surface area contributed by atoms with Crippen LogP contribution in [0.3, 0.4) is 0 Å². The summed E-state index contributed by atoms with van der Waals surface area (Å²) in [5.74, 6) is -0.924. The van der Waals surface area contributed by atoms with Crippen LogP contribution < -0.4 is 4.74 Å². The second-order valence-electron chi connectivity index (χ2n) is 9.03. The van der Waals surface area contributed by atoms with Crippen LogP contribution in [0.1, 0.15) is 68.3 Å². The van der Waals surface area contributed by atoms with Gasteiger partial charge in [0.05, 0.1) is 12.0 Å². The molecule has 152 valence electrons. The maximum atomic E-state index is 12.5. The van der Waals surface area contributed by atoms with Gasteiger partial charge in [-0.3, -0.25) is 14.5 Å². The van der Waals surface area contributed by atoms with Gasteiger partial charge < -0.3 is 14.6 Å². The van der Waals surface area contributed by atoms with E-state index in [-0.39, 0.29) is 12.2 Å². The number of carbonyl (C=O) groups excluding carboxylic acids is 1. The lowest BCUT2D eigenvalue weighted by Crippen LogP contribution is -2.54. The Morgan fingerprint density at radius 1 is 1.25 bits per heavy atom. The van der Waals surface area contributed by atoms with Crippen LogP contribution in [-0.2, 0) is 16.1 Å². The average molecular weight is 387 g/mol. The molecule has 0 amide bonds. The van der Waals surface area contributed by atoms with E-state index in [0.29, 0.717) is 12.2 Å². The molecule has 6 nitrogen and oxygen atoms in total. The van der Waals surface area contributed by atoms with E-state index in [1.165, 1.54) is 19.3 Å². The van der Waals surface area contributed by atoms with Crippen LogP contribution in [0.2, 0.25) is 0 Å². The number of ether oxygens (including phenoxy) is 2. The molecule has 0 bridgehead atoms. The van der Waals surface area contributed by atoms with Crippen LogP contribution in [0.5, 0.6) is 5.75 Å². The van der Waals surface area contributed by atoms with Gasteiger partial charge in [0.15, 0.2) is 5.78 Å². The van der Waals surface area contributed by atoms with E-state index in [1.807, 2.05) is 6.07 Å². The normalized spacial score (nSPS) is 22.2. The van der Waals surface area contributed by atoms with Crippen molar-refractivity contribution in [2.75, 3.05) is 13.1 Å². The van der Waals surface area contributed by atoms with Gasteiger partial charge in [-0.15, -0.1) is 0 Å². The number of benzene rings is 1. The number of carboxylic acid groups (broad SMARTS) is 1. The van der Waals surface area contributed by atoms with E-state index < -0.39 is 17.2 Å². The first-order valence-corrected chi connectivity index (χ1v) is 10.2. The summed E-state index contributed by atoms with van der Waals surface area (Å²) in [5, 5.41) is 9.25. The number of nitrogens with zero attached hydrogens (tertiary/aromatic N) is 1. The van der Waals surface area contributed by atoms with E-state index >= 15 is 0 Å². The zero-order valence-corrected chi connectivity index (χ0v) is 16.7. The lowest BCUT2D eigenvalue weighted by molar-refractivity contribution is -0.231. The molecule has 1 aromatic rings. The van der Waals surface area contributed by atoms with E-state index in [1.54, 1.807) is 26.0 Å². The van der Waals surface area contributed by atoms with Gasteiger partial charge in [-0.1, -0.05) is 6.42 Å². The lowest BCUT2D eigenvalue weighted by atomic mass is 9.85. The number of likely N-dealkylation sites (tertiary alicyclic amines) is 1. The first kappa shape index (κ1) is 19.4. The fraction of sp³-hybridized carbons (Fsp3) is 0.636. The smallest absolute Gasteiger partial charge is 0.309 e. The van der Waals surface area contributed by atoms with Crippen molar-refractivity contribution in [3.8, 4) is 5.75 Å². The van der Waals surface area contributed by atoms with Crippen molar-refractivity contribution in [1.82, 2.24) is 4.90 Å². The zero-order valence-electron chi connectivity index (χ0n) is 16.7. The van der Waals surface area contributed by atoms with Gasteiger partial charge in [-0.05, 0) is 44.9 Å². The minimum atomic E-state index is -1.08. The van der Waals surface area contributed by atoms with Crippen LogP contribution in [0.4, 0.5) is 0 Å². The number of carbonyl (C=O) groups is 2. The molecule has 0 radical (unpaired) electrons. The molecule has 6 heteroatoms. The second-order valence-corrected chi connectivity index (χ2v) is 9.03. The quantitative estimate of drug-likeness (QED) is 0.778. The fourth-order valence-electron chi connectivity index (χ4n) is 4.21. The molecule has 0 unspecified atom stereocenters. The number of hydrogen-bond acceptors (Lipinski definition) is 5. The number of fused-ring (bicyclic) bond motifs is 1. The number of rotatable bonds is 5. The number of piperidine rings is 1. The van der Waals surface area contributed by atoms with E-state index in [9.17, 15) is 14.7 Å². The molecule has 2 heterocycles. The van der Waals surface area contributed by atoms with Crippen LogP contribution in [0, 0.1) is 5.41 Å². The third kappa shape index (κ3) is 3.67. The molecule has 2 fully saturated rings. The SMILES string of the molecule is CC(C)(CC(=O)c1ccc2c(c1)COC1(CCN(C3CCC3)CC1)O2)C(=O)O. The summed E-state index contributed by atoms with van der Waals surface area (Å²) in [6, 6.07) is 6.10. The highest BCUT2D eigenvalue weighted by Crippen LogP contribution is 2.39. The Morgan fingerprint density at radius 3 is 2.57 bits per heavy atom. The summed E-state index contributed by atoms with van der Waals surface area (Å²) >= 11 is 0. The Bertz CT molecular complexity index is 775. The third-order valence-electron chi connectivity index (χ3n) is 6.50. The molecular formula is C22H29NO5. The van der Waals surface area contributed by atoms with Crippen molar-refractivity contribution in [3.63, 3.8) is 0 Å². The Morgan fingerprint density at radius 2 is 1.96 bits per heavy atom. The maximum Gasteiger partial charge on any atom is 0.309 e. The minimum absolute atomic E-state index is 0.0379. The molecule has 1 saturated carbocycles. The van der Waals surface area contributed by atoms with Gasteiger partial charge in [0, 0.05) is 49.5 Å². The largest absolute Gasteiger partial charge is 0.481 e. The van der Waals surface area contributed by atoms with Gasteiger partial charge in [0.2, 0.25) is 5.79 Å². The van der Waals surface area contributed by atoms with Crippen LogP contribution >= 0.6 is 0 Å². The van der Waals surface area contributed by atoms with Crippen molar-refractivity contribution in [1.29, 1.82) is 0 Å². The first-order valence-electron chi connectivity index (χ1n) is 10.2. The monoisotopic (exact) mass is 387 g/mol. The Kier molecular flexibility index (Phi) is 4.96. The number of hydrogen-bond donors (Lipinski definition) is 1. The molecule has 1 N–H and O–H groups in total. The Labute approximate surface area is 165 Å². The topological polar surface area (TPSA) is 76.1 Å².